The van der Waals surface area contributed by atoms with Crippen molar-refractivity contribution in [2.45, 2.75) is 24.8 Å². The lowest BCUT2D eigenvalue weighted by Crippen LogP contribution is -2.31. The number of esters is 1. The van der Waals surface area contributed by atoms with Gasteiger partial charge in [-0.2, -0.15) is 0 Å². The summed E-state index contributed by atoms with van der Waals surface area (Å²) in [5.41, 5.74) is 1.08. The molecule has 0 fully saturated rings. The number of ether oxygens (including phenoxy) is 1. The van der Waals surface area contributed by atoms with E-state index in [9.17, 15) is 14.4 Å². The third-order valence-corrected chi connectivity index (χ3v) is 5.34. The Balaban J connectivity index is 1.56. The number of ketones is 1. The minimum absolute atomic E-state index is 0.0112. The summed E-state index contributed by atoms with van der Waals surface area (Å²) in [7, 11) is 0. The van der Waals surface area contributed by atoms with E-state index < -0.39 is 18.5 Å². The predicted molar refractivity (Wildman–Crippen MR) is 111 cm³/mol. The van der Waals surface area contributed by atoms with Crippen LogP contribution in [0, 0.1) is 0 Å². The van der Waals surface area contributed by atoms with Gasteiger partial charge in [0.2, 0.25) is 0 Å². The zero-order valence-corrected chi connectivity index (χ0v) is 17.0. The van der Waals surface area contributed by atoms with Gasteiger partial charge in [-0.15, -0.1) is 11.8 Å². The maximum atomic E-state index is 12.4. The summed E-state index contributed by atoms with van der Waals surface area (Å²) in [5, 5.41) is 3.71. The number of carbonyl (C=O) groups is 3. The molecular weight excluding hydrogens is 390 g/mol. The van der Waals surface area contributed by atoms with Crippen LogP contribution in [0.5, 0.6) is 0 Å². The van der Waals surface area contributed by atoms with Crippen molar-refractivity contribution in [3.63, 3.8) is 0 Å². The minimum atomic E-state index is -0.608. The summed E-state index contributed by atoms with van der Waals surface area (Å²) < 4.78 is 10.9. The molecule has 0 spiro atoms. The number of amides is 1. The van der Waals surface area contributed by atoms with Crippen LogP contribution in [0.15, 0.2) is 63.9 Å². The third kappa shape index (κ3) is 5.48. The van der Waals surface area contributed by atoms with Gasteiger partial charge in [0.1, 0.15) is 17.1 Å². The third-order valence-electron chi connectivity index (χ3n) is 4.12. The summed E-state index contributed by atoms with van der Waals surface area (Å²) in [4.78, 5) is 36.4. The molecule has 7 heteroatoms. The molecule has 150 valence electrons. The number of hydrogen-bond acceptors (Lipinski definition) is 6. The number of fused-ring (bicyclic) bond motifs is 1. The van der Waals surface area contributed by atoms with E-state index >= 15 is 0 Å². The summed E-state index contributed by atoms with van der Waals surface area (Å²) in [6, 6.07) is 15.9. The van der Waals surface area contributed by atoms with Gasteiger partial charge in [-0.25, -0.2) is 4.79 Å². The standard InChI is InChI=1S/C22H21NO5S/c1-14(24)13-29-20-10-6-4-8-17(20)22(26)27-12-21(25)23-15(2)19-11-16-7-3-5-9-18(16)28-19/h3-11,15H,12-13H2,1-2H3,(H,23,25)/t15-/m1/s1. The van der Waals surface area contributed by atoms with Crippen molar-refractivity contribution in [2.24, 2.45) is 0 Å². The Morgan fingerprint density at radius 2 is 1.83 bits per heavy atom. The number of para-hydroxylation sites is 1. The lowest BCUT2D eigenvalue weighted by atomic mass is 10.2. The van der Waals surface area contributed by atoms with Gasteiger partial charge in [-0.1, -0.05) is 30.3 Å². The largest absolute Gasteiger partial charge is 0.459 e. The molecule has 1 amide bonds. The molecule has 3 aromatic rings. The van der Waals surface area contributed by atoms with E-state index in [-0.39, 0.29) is 17.6 Å². The molecule has 0 unspecified atom stereocenters. The van der Waals surface area contributed by atoms with Crippen molar-refractivity contribution in [2.75, 3.05) is 12.4 Å². The average Bonchev–Trinajstić information content (AvgIpc) is 3.15. The first kappa shape index (κ1) is 20.7. The van der Waals surface area contributed by atoms with Crippen LogP contribution in [0.2, 0.25) is 0 Å². The average molecular weight is 411 g/mol. The number of hydrogen-bond donors (Lipinski definition) is 1. The second kappa shape index (κ2) is 9.43. The molecule has 1 atom stereocenters. The molecule has 6 nitrogen and oxygen atoms in total. The lowest BCUT2D eigenvalue weighted by molar-refractivity contribution is -0.125. The SMILES string of the molecule is CC(=O)CSc1ccccc1C(=O)OCC(=O)N[C@H](C)c1cc2ccccc2o1. The Hall–Kier alpha value is -3.06. The van der Waals surface area contributed by atoms with Crippen LogP contribution in [0.25, 0.3) is 11.0 Å². The molecule has 0 saturated heterocycles. The van der Waals surface area contributed by atoms with E-state index in [1.807, 2.05) is 30.3 Å². The van der Waals surface area contributed by atoms with E-state index in [0.29, 0.717) is 16.2 Å². The van der Waals surface area contributed by atoms with E-state index in [0.717, 1.165) is 11.0 Å². The van der Waals surface area contributed by atoms with Crippen molar-refractivity contribution in [1.82, 2.24) is 5.32 Å². The van der Waals surface area contributed by atoms with E-state index in [1.165, 1.54) is 18.7 Å². The molecular formula is C22H21NO5S. The van der Waals surface area contributed by atoms with E-state index in [1.54, 1.807) is 31.2 Å². The van der Waals surface area contributed by atoms with Crippen molar-refractivity contribution < 1.29 is 23.5 Å². The Morgan fingerprint density at radius 3 is 2.59 bits per heavy atom. The monoisotopic (exact) mass is 411 g/mol. The topological polar surface area (TPSA) is 85.6 Å². The maximum absolute atomic E-state index is 12.4. The van der Waals surface area contributed by atoms with Gasteiger partial charge in [0.15, 0.2) is 6.61 Å². The van der Waals surface area contributed by atoms with Gasteiger partial charge in [0.05, 0.1) is 17.4 Å². The fraction of sp³-hybridized carbons (Fsp3) is 0.227. The second-order valence-electron chi connectivity index (χ2n) is 6.54. The van der Waals surface area contributed by atoms with Gasteiger partial charge >= 0.3 is 5.97 Å². The molecule has 0 radical (unpaired) electrons. The molecule has 29 heavy (non-hydrogen) atoms. The first-order valence-electron chi connectivity index (χ1n) is 9.10. The highest BCUT2D eigenvalue weighted by Gasteiger charge is 2.18. The molecule has 0 aliphatic rings. The Bertz CT molecular complexity index is 1010. The van der Waals surface area contributed by atoms with Crippen LogP contribution in [0.3, 0.4) is 0 Å². The van der Waals surface area contributed by atoms with Crippen molar-refractivity contribution >= 4 is 40.4 Å². The molecule has 0 aliphatic carbocycles. The van der Waals surface area contributed by atoms with Gasteiger partial charge in [-0.3, -0.25) is 9.59 Å². The number of nitrogens with one attached hydrogen (secondary N) is 1. The molecule has 1 heterocycles. The minimum Gasteiger partial charge on any atom is -0.459 e. The number of carbonyl (C=O) groups excluding carboxylic acids is 3. The Kier molecular flexibility index (Phi) is 6.72. The Morgan fingerprint density at radius 1 is 1.10 bits per heavy atom. The molecule has 2 aromatic carbocycles. The lowest BCUT2D eigenvalue weighted by Gasteiger charge is -2.12. The zero-order valence-electron chi connectivity index (χ0n) is 16.1. The highest BCUT2D eigenvalue weighted by molar-refractivity contribution is 8.00. The van der Waals surface area contributed by atoms with Crippen molar-refractivity contribution in [3.8, 4) is 0 Å². The van der Waals surface area contributed by atoms with Crippen LogP contribution in [0.4, 0.5) is 0 Å². The van der Waals surface area contributed by atoms with Gasteiger partial charge in [0.25, 0.3) is 5.91 Å². The van der Waals surface area contributed by atoms with E-state index in [4.69, 9.17) is 9.15 Å². The number of thioether (sulfide) groups is 1. The summed E-state index contributed by atoms with van der Waals surface area (Å²) in [6.07, 6.45) is 0. The summed E-state index contributed by atoms with van der Waals surface area (Å²) in [6.45, 7) is 2.88. The van der Waals surface area contributed by atoms with Gasteiger partial charge in [-0.05, 0) is 38.1 Å². The van der Waals surface area contributed by atoms with Gasteiger partial charge in [0, 0.05) is 10.3 Å². The molecule has 1 N–H and O–H groups in total. The first-order valence-corrected chi connectivity index (χ1v) is 10.1. The quantitative estimate of drug-likeness (QED) is 0.443. The Labute approximate surface area is 172 Å². The molecule has 0 aliphatic heterocycles. The van der Waals surface area contributed by atoms with Crippen LogP contribution < -0.4 is 5.32 Å². The fourth-order valence-corrected chi connectivity index (χ4v) is 3.56. The smallest absolute Gasteiger partial charge is 0.339 e. The first-order chi connectivity index (χ1) is 13.9. The fourth-order valence-electron chi connectivity index (χ4n) is 2.72. The highest BCUT2D eigenvalue weighted by atomic mass is 32.2. The van der Waals surface area contributed by atoms with Crippen molar-refractivity contribution in [3.05, 3.63) is 65.9 Å². The molecule has 1 aromatic heterocycles. The maximum Gasteiger partial charge on any atom is 0.339 e. The number of benzene rings is 2. The number of Topliss-reactive ketones (excluding diaryl/α,β-unsaturated/α-hetero) is 1. The van der Waals surface area contributed by atoms with E-state index in [2.05, 4.69) is 5.32 Å². The van der Waals surface area contributed by atoms with Crippen LogP contribution in [0.1, 0.15) is 36.0 Å². The number of rotatable bonds is 8. The zero-order chi connectivity index (χ0) is 20.8. The summed E-state index contributed by atoms with van der Waals surface area (Å²) in [5.74, 6) is -0.142. The number of furan rings is 1. The molecule has 0 bridgehead atoms. The van der Waals surface area contributed by atoms with Crippen LogP contribution in [-0.4, -0.2) is 30.0 Å². The predicted octanol–water partition coefficient (Wildman–Crippen LogP) is 4.15. The normalized spacial score (nSPS) is 11.8. The van der Waals surface area contributed by atoms with Gasteiger partial charge < -0.3 is 14.5 Å². The van der Waals surface area contributed by atoms with Crippen LogP contribution in [-0.2, 0) is 14.3 Å². The molecule has 0 saturated carbocycles. The van der Waals surface area contributed by atoms with Crippen LogP contribution >= 0.6 is 11.8 Å². The summed E-state index contributed by atoms with van der Waals surface area (Å²) >= 11 is 1.26. The van der Waals surface area contributed by atoms with Crippen molar-refractivity contribution in [1.29, 1.82) is 0 Å². The second-order valence-corrected chi connectivity index (χ2v) is 7.56. The molecule has 3 rings (SSSR count). The highest BCUT2D eigenvalue weighted by Crippen LogP contribution is 2.24.